The third-order valence-corrected chi connectivity index (χ3v) is 6.27. The number of fused-ring (bicyclic) bond motifs is 1. The number of cyclic esters (lactones) is 1. The number of hydrogen-bond donors (Lipinski definition) is 0. The largest absolute Gasteiger partial charge is 0.465 e. The van der Waals surface area contributed by atoms with Crippen LogP contribution >= 0.6 is 0 Å². The third-order valence-electron chi connectivity index (χ3n) is 6.27. The van der Waals surface area contributed by atoms with Crippen molar-refractivity contribution >= 4 is 11.8 Å². The van der Waals surface area contributed by atoms with E-state index >= 15 is 0 Å². The summed E-state index contributed by atoms with van der Waals surface area (Å²) >= 11 is 0. The summed E-state index contributed by atoms with van der Waals surface area (Å²) in [4.78, 5) is 23.1. The number of carbonyl (C=O) groups excluding carboxylic acids is 2. The van der Waals surface area contributed by atoms with E-state index < -0.39 is 0 Å². The summed E-state index contributed by atoms with van der Waals surface area (Å²) in [5, 5.41) is 0. The second-order valence-electron chi connectivity index (χ2n) is 7.86. The van der Waals surface area contributed by atoms with Crippen molar-refractivity contribution in [1.29, 1.82) is 0 Å². The Morgan fingerprint density at radius 2 is 2.13 bits per heavy atom. The molecule has 3 aliphatic rings. The second kappa shape index (κ2) is 5.47. The van der Waals surface area contributed by atoms with Gasteiger partial charge in [-0.1, -0.05) is 18.2 Å². The summed E-state index contributed by atoms with van der Waals surface area (Å²) in [6, 6.07) is 6.86. The average Bonchev–Trinajstić information content (AvgIpc) is 3.12. The molecule has 1 aliphatic heterocycles. The van der Waals surface area contributed by atoms with Gasteiger partial charge in [-0.2, -0.15) is 0 Å². The Morgan fingerprint density at radius 3 is 2.87 bits per heavy atom. The zero-order valence-electron chi connectivity index (χ0n) is 13.8. The molecule has 1 saturated heterocycles. The van der Waals surface area contributed by atoms with Crippen molar-refractivity contribution in [3.8, 4) is 0 Å². The average molecular weight is 312 g/mol. The van der Waals surface area contributed by atoms with Gasteiger partial charge in [0, 0.05) is 11.3 Å². The minimum Gasteiger partial charge on any atom is -0.465 e. The Kier molecular flexibility index (Phi) is 3.55. The summed E-state index contributed by atoms with van der Waals surface area (Å²) in [5.41, 5.74) is 4.31. The molecule has 0 N–H and O–H groups in total. The van der Waals surface area contributed by atoms with Crippen LogP contribution in [0.1, 0.15) is 61.6 Å². The number of ketones is 1. The van der Waals surface area contributed by atoms with E-state index in [1.165, 1.54) is 16.7 Å². The molecule has 3 heteroatoms. The van der Waals surface area contributed by atoms with E-state index in [1.807, 2.05) is 0 Å². The topological polar surface area (TPSA) is 43.4 Å². The lowest BCUT2D eigenvalue weighted by Gasteiger charge is -2.24. The van der Waals surface area contributed by atoms with E-state index in [-0.39, 0.29) is 17.3 Å². The molecular formula is C20H24O3. The molecule has 1 aromatic rings. The minimum absolute atomic E-state index is 0.0219. The molecule has 3 nitrogen and oxygen atoms in total. The zero-order valence-corrected chi connectivity index (χ0v) is 13.8. The van der Waals surface area contributed by atoms with E-state index in [0.29, 0.717) is 24.7 Å². The number of esters is 1. The molecule has 0 bridgehead atoms. The molecule has 1 saturated carbocycles. The summed E-state index contributed by atoms with van der Waals surface area (Å²) in [5.74, 6) is 1.07. The number of benzene rings is 1. The SMILES string of the molecule is CC(=O)[C@@H]1CCc2cc([C@H]3CC[C@]4(COC(=O)C4)C3)ccc2C1. The molecule has 4 rings (SSSR count). The van der Waals surface area contributed by atoms with Crippen LogP contribution in [0, 0.1) is 11.3 Å². The smallest absolute Gasteiger partial charge is 0.306 e. The number of aryl methyl sites for hydroxylation is 1. The number of ether oxygens (including phenoxy) is 1. The van der Waals surface area contributed by atoms with Crippen molar-refractivity contribution in [1.82, 2.24) is 0 Å². The number of Topliss-reactive ketones (excluding diaryl/α,β-unsaturated/α-hetero) is 1. The van der Waals surface area contributed by atoms with E-state index in [9.17, 15) is 9.59 Å². The highest BCUT2D eigenvalue weighted by molar-refractivity contribution is 5.79. The quantitative estimate of drug-likeness (QED) is 0.784. The maximum atomic E-state index is 11.6. The van der Waals surface area contributed by atoms with Gasteiger partial charge in [-0.3, -0.25) is 9.59 Å². The Bertz CT molecular complexity index is 663. The van der Waals surface area contributed by atoms with Gasteiger partial charge in [0.05, 0.1) is 13.0 Å². The van der Waals surface area contributed by atoms with Crippen LogP contribution in [0.25, 0.3) is 0 Å². The van der Waals surface area contributed by atoms with E-state index in [1.54, 1.807) is 6.92 Å². The summed E-state index contributed by atoms with van der Waals surface area (Å²) in [6.07, 6.45) is 6.86. The highest BCUT2D eigenvalue weighted by Gasteiger charge is 2.46. The highest BCUT2D eigenvalue weighted by atomic mass is 16.5. The van der Waals surface area contributed by atoms with Crippen LogP contribution < -0.4 is 0 Å². The third kappa shape index (κ3) is 2.71. The Morgan fingerprint density at radius 1 is 1.26 bits per heavy atom. The molecule has 23 heavy (non-hydrogen) atoms. The first-order chi connectivity index (χ1) is 11.0. The Balaban J connectivity index is 1.51. The van der Waals surface area contributed by atoms with Gasteiger partial charge in [0.15, 0.2) is 0 Å². The molecule has 2 aliphatic carbocycles. The molecule has 0 unspecified atom stereocenters. The van der Waals surface area contributed by atoms with E-state index in [2.05, 4.69) is 18.2 Å². The van der Waals surface area contributed by atoms with Crippen LogP contribution in [0.15, 0.2) is 18.2 Å². The van der Waals surface area contributed by atoms with Gasteiger partial charge in [0.2, 0.25) is 0 Å². The van der Waals surface area contributed by atoms with Crippen LogP contribution in [0.5, 0.6) is 0 Å². The van der Waals surface area contributed by atoms with Gasteiger partial charge in [-0.25, -0.2) is 0 Å². The lowest BCUT2D eigenvalue weighted by Crippen LogP contribution is -2.20. The summed E-state index contributed by atoms with van der Waals surface area (Å²) in [7, 11) is 0. The molecule has 1 heterocycles. The monoisotopic (exact) mass is 312 g/mol. The molecule has 122 valence electrons. The van der Waals surface area contributed by atoms with Crippen LogP contribution in [0.4, 0.5) is 0 Å². The maximum absolute atomic E-state index is 11.6. The first kappa shape index (κ1) is 14.9. The van der Waals surface area contributed by atoms with Crippen LogP contribution in [0.3, 0.4) is 0 Å². The number of hydrogen-bond acceptors (Lipinski definition) is 3. The van der Waals surface area contributed by atoms with Gasteiger partial charge in [-0.15, -0.1) is 0 Å². The van der Waals surface area contributed by atoms with Crippen molar-refractivity contribution < 1.29 is 14.3 Å². The van der Waals surface area contributed by atoms with Crippen molar-refractivity contribution in [2.45, 2.75) is 57.8 Å². The zero-order chi connectivity index (χ0) is 16.0. The number of rotatable bonds is 2. The van der Waals surface area contributed by atoms with Crippen LogP contribution in [-0.2, 0) is 27.2 Å². The Labute approximate surface area is 137 Å². The molecule has 0 amide bonds. The maximum Gasteiger partial charge on any atom is 0.306 e. The fraction of sp³-hybridized carbons (Fsp3) is 0.600. The van der Waals surface area contributed by atoms with Gasteiger partial charge in [0.25, 0.3) is 0 Å². The minimum atomic E-state index is -0.0219. The molecule has 1 spiro atoms. The van der Waals surface area contributed by atoms with E-state index in [4.69, 9.17) is 4.74 Å². The molecule has 0 radical (unpaired) electrons. The highest BCUT2D eigenvalue weighted by Crippen LogP contribution is 2.51. The first-order valence-corrected chi connectivity index (χ1v) is 8.82. The van der Waals surface area contributed by atoms with Crippen LogP contribution in [-0.4, -0.2) is 18.4 Å². The van der Waals surface area contributed by atoms with Gasteiger partial charge < -0.3 is 4.74 Å². The van der Waals surface area contributed by atoms with Crippen molar-refractivity contribution in [3.05, 3.63) is 34.9 Å². The van der Waals surface area contributed by atoms with Crippen molar-refractivity contribution in [3.63, 3.8) is 0 Å². The molecule has 1 aromatic carbocycles. The lowest BCUT2D eigenvalue weighted by atomic mass is 9.79. The predicted molar refractivity (Wildman–Crippen MR) is 87.2 cm³/mol. The second-order valence-corrected chi connectivity index (χ2v) is 7.86. The first-order valence-electron chi connectivity index (χ1n) is 8.82. The van der Waals surface area contributed by atoms with Gasteiger partial charge >= 0.3 is 5.97 Å². The van der Waals surface area contributed by atoms with Crippen molar-refractivity contribution in [2.24, 2.45) is 11.3 Å². The fourth-order valence-corrected chi connectivity index (χ4v) is 4.80. The summed E-state index contributed by atoms with van der Waals surface area (Å²) < 4.78 is 5.23. The van der Waals surface area contributed by atoms with E-state index in [0.717, 1.165) is 38.5 Å². The van der Waals surface area contributed by atoms with Gasteiger partial charge in [-0.05, 0) is 68.1 Å². The standard InChI is InChI=1S/C20H24O3/c1-13(21)14-2-3-16-9-17(5-4-15(16)8-14)18-6-7-20(10-18)11-19(22)23-12-20/h4-5,9,14,18H,2-3,6-8,10-12H2,1H3/t14-,18+,20+/m1/s1. The predicted octanol–water partition coefficient (Wildman–Crippen LogP) is 3.58. The number of carbonyl (C=O) groups is 2. The van der Waals surface area contributed by atoms with Crippen molar-refractivity contribution in [2.75, 3.05) is 6.61 Å². The summed E-state index contributed by atoms with van der Waals surface area (Å²) in [6.45, 7) is 2.33. The Hall–Kier alpha value is -1.64. The van der Waals surface area contributed by atoms with Gasteiger partial charge in [0.1, 0.15) is 5.78 Å². The molecular weight excluding hydrogens is 288 g/mol. The lowest BCUT2D eigenvalue weighted by molar-refractivity contribution is -0.138. The molecule has 0 aromatic heterocycles. The fourth-order valence-electron chi connectivity index (χ4n) is 4.80. The molecule has 2 fully saturated rings. The van der Waals surface area contributed by atoms with Crippen LogP contribution in [0.2, 0.25) is 0 Å². The molecule has 3 atom stereocenters. The normalized spacial score (nSPS) is 32.8.